The van der Waals surface area contributed by atoms with Crippen molar-refractivity contribution in [3.8, 4) is 22.5 Å². The quantitative estimate of drug-likeness (QED) is 0.227. The molecule has 9 heteroatoms. The molecule has 0 bridgehead atoms. The van der Waals surface area contributed by atoms with Crippen molar-refractivity contribution >= 4 is 12.0 Å². The first kappa shape index (κ1) is 26.7. The van der Waals surface area contributed by atoms with Crippen LogP contribution >= 0.6 is 0 Å². The Hall–Kier alpha value is -4.40. The van der Waals surface area contributed by atoms with Crippen LogP contribution in [0.25, 0.3) is 22.5 Å². The average Bonchev–Trinajstić information content (AvgIpc) is 3.61. The van der Waals surface area contributed by atoms with Gasteiger partial charge in [0.25, 0.3) is 0 Å². The standard InChI is InChI=1S/C29H34N6O3/c1-30-27(36)12-8-4-7-11-25(33-29(37)38-20-21-9-5-3-6-10-21)28-31-19-26(32-28)23-15-13-22(14-16-23)24-17-18-35(2)34-24/h3,5-6,9-10,13-19,25H,4,7-8,11-12,20H2,1-2H3,(H,30,36)(H,31,32)(H,33,37)/t25-/m0/s1. The van der Waals surface area contributed by atoms with Gasteiger partial charge in [0.1, 0.15) is 12.4 Å². The first-order valence-electron chi connectivity index (χ1n) is 12.8. The van der Waals surface area contributed by atoms with E-state index in [-0.39, 0.29) is 18.6 Å². The number of nitrogens with zero attached hydrogens (tertiary/aromatic N) is 3. The topological polar surface area (TPSA) is 114 Å². The van der Waals surface area contributed by atoms with Gasteiger partial charge in [0, 0.05) is 32.3 Å². The Labute approximate surface area is 222 Å². The smallest absolute Gasteiger partial charge is 0.408 e. The van der Waals surface area contributed by atoms with Gasteiger partial charge < -0.3 is 20.4 Å². The molecule has 0 aliphatic carbocycles. The molecule has 4 aromatic rings. The second kappa shape index (κ2) is 13.2. The fourth-order valence-electron chi connectivity index (χ4n) is 4.17. The zero-order valence-electron chi connectivity index (χ0n) is 21.8. The van der Waals surface area contributed by atoms with Crippen molar-refractivity contribution in [2.75, 3.05) is 7.05 Å². The molecule has 0 unspecified atom stereocenters. The molecular formula is C29H34N6O3. The second-order valence-corrected chi connectivity index (χ2v) is 9.17. The highest BCUT2D eigenvalue weighted by atomic mass is 16.5. The van der Waals surface area contributed by atoms with E-state index in [4.69, 9.17) is 4.74 Å². The molecule has 198 valence electrons. The van der Waals surface area contributed by atoms with Crippen molar-refractivity contribution in [1.82, 2.24) is 30.4 Å². The van der Waals surface area contributed by atoms with E-state index in [1.807, 2.05) is 73.9 Å². The number of unbranched alkanes of at least 4 members (excludes halogenated alkanes) is 2. The second-order valence-electron chi connectivity index (χ2n) is 9.17. The molecule has 2 aromatic heterocycles. The Morgan fingerprint density at radius 3 is 2.47 bits per heavy atom. The van der Waals surface area contributed by atoms with Crippen molar-refractivity contribution in [3.63, 3.8) is 0 Å². The number of imidazole rings is 1. The highest BCUT2D eigenvalue weighted by Crippen LogP contribution is 2.25. The minimum Gasteiger partial charge on any atom is -0.445 e. The van der Waals surface area contributed by atoms with E-state index in [1.54, 1.807) is 17.9 Å². The summed E-state index contributed by atoms with van der Waals surface area (Å²) in [4.78, 5) is 32.1. The van der Waals surface area contributed by atoms with Crippen LogP contribution in [0.5, 0.6) is 0 Å². The summed E-state index contributed by atoms with van der Waals surface area (Å²) in [5.74, 6) is 0.700. The molecule has 2 aromatic carbocycles. The van der Waals surface area contributed by atoms with Gasteiger partial charge >= 0.3 is 6.09 Å². The van der Waals surface area contributed by atoms with Gasteiger partial charge in [-0.25, -0.2) is 9.78 Å². The van der Waals surface area contributed by atoms with Crippen molar-refractivity contribution in [1.29, 1.82) is 0 Å². The lowest BCUT2D eigenvalue weighted by Crippen LogP contribution is -2.30. The lowest BCUT2D eigenvalue weighted by Gasteiger charge is -2.17. The van der Waals surface area contributed by atoms with Gasteiger partial charge in [0.15, 0.2) is 0 Å². The number of carbonyl (C=O) groups is 2. The van der Waals surface area contributed by atoms with Crippen LogP contribution < -0.4 is 10.6 Å². The molecule has 1 atom stereocenters. The number of benzene rings is 2. The molecule has 0 aliphatic heterocycles. The van der Waals surface area contributed by atoms with Crippen LogP contribution in [0.15, 0.2) is 73.1 Å². The number of carbonyl (C=O) groups excluding carboxylic acids is 2. The number of alkyl carbamates (subject to hydrolysis) is 1. The molecule has 3 N–H and O–H groups in total. The number of H-pyrrole nitrogens is 1. The number of hydrogen-bond acceptors (Lipinski definition) is 5. The molecule has 4 rings (SSSR count). The Morgan fingerprint density at radius 1 is 1.00 bits per heavy atom. The monoisotopic (exact) mass is 514 g/mol. The first-order valence-corrected chi connectivity index (χ1v) is 12.8. The molecule has 9 nitrogen and oxygen atoms in total. The third-order valence-corrected chi connectivity index (χ3v) is 6.31. The van der Waals surface area contributed by atoms with Gasteiger partial charge in [-0.3, -0.25) is 9.48 Å². The average molecular weight is 515 g/mol. The maximum atomic E-state index is 12.6. The molecule has 0 aliphatic rings. The van der Waals surface area contributed by atoms with Crippen LogP contribution in [-0.4, -0.2) is 38.8 Å². The van der Waals surface area contributed by atoms with Crippen LogP contribution in [0.4, 0.5) is 4.79 Å². The molecule has 0 radical (unpaired) electrons. The number of ether oxygens (including phenoxy) is 1. The minimum atomic E-state index is -0.498. The maximum absolute atomic E-state index is 12.6. The van der Waals surface area contributed by atoms with Crippen molar-refractivity contribution in [3.05, 3.63) is 84.4 Å². The van der Waals surface area contributed by atoms with Crippen LogP contribution in [-0.2, 0) is 23.2 Å². The molecule has 0 saturated heterocycles. The van der Waals surface area contributed by atoms with E-state index in [2.05, 4.69) is 25.7 Å². The molecule has 2 amide bonds. The van der Waals surface area contributed by atoms with Gasteiger partial charge in [-0.1, -0.05) is 67.4 Å². The van der Waals surface area contributed by atoms with Crippen molar-refractivity contribution < 1.29 is 14.3 Å². The maximum Gasteiger partial charge on any atom is 0.408 e. The van der Waals surface area contributed by atoms with Crippen LogP contribution in [0, 0.1) is 0 Å². The van der Waals surface area contributed by atoms with E-state index in [1.165, 1.54) is 0 Å². The Kier molecular flexibility index (Phi) is 9.28. The molecule has 0 fully saturated rings. The molecule has 2 heterocycles. The normalized spacial score (nSPS) is 11.6. The highest BCUT2D eigenvalue weighted by Gasteiger charge is 2.19. The molecule has 0 spiro atoms. The number of aromatic nitrogens is 4. The number of hydrogen-bond donors (Lipinski definition) is 3. The van der Waals surface area contributed by atoms with E-state index >= 15 is 0 Å². The zero-order chi connectivity index (χ0) is 26.7. The number of rotatable bonds is 12. The largest absolute Gasteiger partial charge is 0.445 e. The van der Waals surface area contributed by atoms with Gasteiger partial charge in [-0.15, -0.1) is 0 Å². The minimum absolute atomic E-state index is 0.0360. The number of nitrogens with one attached hydrogen (secondary N) is 3. The summed E-state index contributed by atoms with van der Waals surface area (Å²) in [7, 11) is 3.54. The fraction of sp³-hybridized carbons (Fsp3) is 0.310. The zero-order valence-corrected chi connectivity index (χ0v) is 21.8. The predicted octanol–water partition coefficient (Wildman–Crippen LogP) is 5.14. The van der Waals surface area contributed by atoms with E-state index in [0.717, 1.165) is 47.3 Å². The number of aromatic amines is 1. The van der Waals surface area contributed by atoms with Gasteiger partial charge in [0.05, 0.1) is 23.6 Å². The van der Waals surface area contributed by atoms with E-state index < -0.39 is 6.09 Å². The number of aryl methyl sites for hydroxylation is 1. The van der Waals surface area contributed by atoms with Gasteiger partial charge in [0.2, 0.25) is 5.91 Å². The summed E-state index contributed by atoms with van der Waals surface area (Å²) >= 11 is 0. The van der Waals surface area contributed by atoms with Crippen LogP contribution in [0.3, 0.4) is 0 Å². The number of amides is 2. The predicted molar refractivity (Wildman–Crippen MR) is 146 cm³/mol. The summed E-state index contributed by atoms with van der Waals surface area (Å²) < 4.78 is 7.23. The van der Waals surface area contributed by atoms with Gasteiger partial charge in [-0.05, 0) is 30.0 Å². The van der Waals surface area contributed by atoms with Crippen molar-refractivity contribution in [2.45, 2.75) is 44.8 Å². The van der Waals surface area contributed by atoms with Crippen molar-refractivity contribution in [2.24, 2.45) is 7.05 Å². The van der Waals surface area contributed by atoms with E-state index in [9.17, 15) is 9.59 Å². The summed E-state index contributed by atoms with van der Waals surface area (Å²) in [6.07, 6.45) is 6.84. The Morgan fingerprint density at radius 2 is 1.76 bits per heavy atom. The van der Waals surface area contributed by atoms with Crippen LogP contribution in [0.2, 0.25) is 0 Å². The first-order chi connectivity index (χ1) is 18.5. The molecule has 0 saturated carbocycles. The SMILES string of the molecule is CNC(=O)CCCCC[C@H](NC(=O)OCc1ccccc1)c1ncc(-c2ccc(-c3ccn(C)n3)cc2)[nH]1. The van der Waals surface area contributed by atoms with E-state index in [0.29, 0.717) is 18.7 Å². The molecular weight excluding hydrogens is 480 g/mol. The summed E-state index contributed by atoms with van der Waals surface area (Å²) in [5, 5.41) is 10.1. The fourth-order valence-corrected chi connectivity index (χ4v) is 4.17. The van der Waals surface area contributed by atoms with Gasteiger partial charge in [-0.2, -0.15) is 5.10 Å². The van der Waals surface area contributed by atoms with Crippen LogP contribution in [0.1, 0.15) is 49.5 Å². The third kappa shape index (κ3) is 7.55. The highest BCUT2D eigenvalue weighted by molar-refractivity contribution is 5.75. The Balaban J connectivity index is 1.41. The lowest BCUT2D eigenvalue weighted by atomic mass is 10.1. The third-order valence-electron chi connectivity index (χ3n) is 6.31. The summed E-state index contributed by atoms with van der Waals surface area (Å²) in [6.45, 7) is 0.192. The summed E-state index contributed by atoms with van der Waals surface area (Å²) in [6, 6.07) is 19.3. The summed E-state index contributed by atoms with van der Waals surface area (Å²) in [5.41, 5.74) is 4.71. The lowest BCUT2D eigenvalue weighted by molar-refractivity contribution is -0.120. The molecule has 38 heavy (non-hydrogen) atoms. The Bertz CT molecular complexity index is 1310.